The molecule has 94 valence electrons. The smallest absolute Gasteiger partial charge is 0.317 e. The molecule has 1 fully saturated rings. The number of nitrogens with zero attached hydrogens (tertiary/aromatic N) is 1. The van der Waals surface area contributed by atoms with Gasteiger partial charge in [-0.15, -0.1) is 0 Å². The van der Waals surface area contributed by atoms with Gasteiger partial charge >= 0.3 is 6.03 Å². The Bertz CT molecular complexity index is 342. The van der Waals surface area contributed by atoms with Crippen LogP contribution in [-0.2, 0) is 9.84 Å². The van der Waals surface area contributed by atoms with Gasteiger partial charge in [-0.2, -0.15) is 0 Å². The third-order valence-electron chi connectivity index (χ3n) is 2.56. The van der Waals surface area contributed by atoms with Crippen LogP contribution in [-0.4, -0.2) is 57.0 Å². The quantitative estimate of drug-likeness (QED) is 0.633. The molecule has 3 N–H and O–H groups in total. The van der Waals surface area contributed by atoms with E-state index in [4.69, 9.17) is 5.73 Å². The Morgan fingerprint density at radius 2 is 2.25 bits per heavy atom. The third kappa shape index (κ3) is 3.97. The number of hydrogen-bond donors (Lipinski definition) is 2. The minimum Gasteiger partial charge on any atom is -0.336 e. The predicted molar refractivity (Wildman–Crippen MR) is 61.8 cm³/mol. The Kier molecular flexibility index (Phi) is 4.55. The van der Waals surface area contributed by atoms with Crippen LogP contribution in [0.15, 0.2) is 0 Å². The SMILES string of the molecule is CC(CN)CS(=O)(=O)CCN1CCNC1=O. The summed E-state index contributed by atoms with van der Waals surface area (Å²) in [5, 5.41) is 2.63. The molecule has 0 saturated carbocycles. The fourth-order valence-corrected chi connectivity index (χ4v) is 3.23. The lowest BCUT2D eigenvalue weighted by atomic mass is 10.2. The lowest BCUT2D eigenvalue weighted by Gasteiger charge is -2.15. The molecule has 1 atom stereocenters. The van der Waals surface area contributed by atoms with Gasteiger partial charge in [0.05, 0.1) is 11.5 Å². The first-order chi connectivity index (χ1) is 7.44. The zero-order valence-electron chi connectivity index (χ0n) is 9.48. The summed E-state index contributed by atoms with van der Waals surface area (Å²) in [6.07, 6.45) is 0. The average molecular weight is 249 g/mol. The van der Waals surface area contributed by atoms with E-state index in [0.29, 0.717) is 19.6 Å². The van der Waals surface area contributed by atoms with E-state index in [0.717, 1.165) is 0 Å². The van der Waals surface area contributed by atoms with Gasteiger partial charge < -0.3 is 16.0 Å². The molecule has 0 aromatic rings. The summed E-state index contributed by atoms with van der Waals surface area (Å²) in [5.74, 6) is 0.0846. The van der Waals surface area contributed by atoms with Crippen molar-refractivity contribution in [2.24, 2.45) is 11.7 Å². The molecular formula is C9H19N3O3S. The molecule has 1 aliphatic rings. The van der Waals surface area contributed by atoms with E-state index >= 15 is 0 Å². The number of amides is 2. The van der Waals surface area contributed by atoms with Gasteiger partial charge in [-0.1, -0.05) is 6.92 Å². The van der Waals surface area contributed by atoms with Crippen LogP contribution in [0.4, 0.5) is 4.79 Å². The van der Waals surface area contributed by atoms with Gasteiger partial charge in [0.25, 0.3) is 0 Å². The second-order valence-electron chi connectivity index (χ2n) is 4.17. The van der Waals surface area contributed by atoms with Crippen molar-refractivity contribution in [3.63, 3.8) is 0 Å². The number of carbonyl (C=O) groups excluding carboxylic acids is 1. The molecule has 1 heterocycles. The van der Waals surface area contributed by atoms with E-state index in [2.05, 4.69) is 5.32 Å². The van der Waals surface area contributed by atoms with E-state index in [1.54, 1.807) is 6.92 Å². The van der Waals surface area contributed by atoms with Crippen molar-refractivity contribution < 1.29 is 13.2 Å². The summed E-state index contributed by atoms with van der Waals surface area (Å²) in [6, 6.07) is -0.179. The molecule has 0 aliphatic carbocycles. The van der Waals surface area contributed by atoms with Crippen molar-refractivity contribution in [1.82, 2.24) is 10.2 Å². The van der Waals surface area contributed by atoms with Crippen LogP contribution in [0.2, 0.25) is 0 Å². The molecule has 16 heavy (non-hydrogen) atoms. The summed E-state index contributed by atoms with van der Waals surface area (Å²) in [6.45, 7) is 3.62. The van der Waals surface area contributed by atoms with Crippen molar-refractivity contribution >= 4 is 15.9 Å². The molecule has 1 rings (SSSR count). The molecule has 1 saturated heterocycles. The number of nitrogens with one attached hydrogen (secondary N) is 1. The van der Waals surface area contributed by atoms with Crippen molar-refractivity contribution in [2.75, 3.05) is 37.7 Å². The molecule has 0 radical (unpaired) electrons. The van der Waals surface area contributed by atoms with Gasteiger partial charge in [-0.05, 0) is 12.5 Å². The minimum absolute atomic E-state index is 0.0186. The summed E-state index contributed by atoms with van der Waals surface area (Å²) in [7, 11) is -3.11. The predicted octanol–water partition coefficient (Wildman–Crippen LogP) is -0.979. The highest BCUT2D eigenvalue weighted by molar-refractivity contribution is 7.91. The molecule has 2 amide bonds. The molecule has 1 unspecified atom stereocenters. The van der Waals surface area contributed by atoms with Crippen molar-refractivity contribution in [1.29, 1.82) is 0 Å². The zero-order valence-corrected chi connectivity index (χ0v) is 10.3. The van der Waals surface area contributed by atoms with E-state index in [1.165, 1.54) is 4.90 Å². The first-order valence-corrected chi connectivity index (χ1v) is 7.20. The van der Waals surface area contributed by atoms with Gasteiger partial charge in [-0.25, -0.2) is 13.2 Å². The van der Waals surface area contributed by atoms with Gasteiger partial charge in [-0.3, -0.25) is 0 Å². The van der Waals surface area contributed by atoms with Crippen LogP contribution in [0.5, 0.6) is 0 Å². The van der Waals surface area contributed by atoms with E-state index in [9.17, 15) is 13.2 Å². The van der Waals surface area contributed by atoms with Crippen LogP contribution >= 0.6 is 0 Å². The van der Waals surface area contributed by atoms with E-state index in [1.807, 2.05) is 0 Å². The standard InChI is InChI=1S/C9H19N3O3S/c1-8(6-10)7-16(14,15)5-4-12-3-2-11-9(12)13/h8H,2-7,10H2,1H3,(H,11,13). The Labute approximate surface area is 96.1 Å². The van der Waals surface area contributed by atoms with Crippen LogP contribution in [0, 0.1) is 5.92 Å². The highest BCUT2D eigenvalue weighted by Crippen LogP contribution is 2.03. The van der Waals surface area contributed by atoms with Crippen molar-refractivity contribution in [2.45, 2.75) is 6.92 Å². The number of hydrogen-bond acceptors (Lipinski definition) is 4. The van der Waals surface area contributed by atoms with Gasteiger partial charge in [0, 0.05) is 19.6 Å². The first kappa shape index (κ1) is 13.2. The van der Waals surface area contributed by atoms with Crippen molar-refractivity contribution in [3.8, 4) is 0 Å². The lowest BCUT2D eigenvalue weighted by Crippen LogP contribution is -2.34. The molecule has 0 bridgehead atoms. The molecule has 1 aliphatic heterocycles. The number of rotatable bonds is 6. The number of nitrogens with two attached hydrogens (primary N) is 1. The summed E-state index contributed by atoms with van der Waals surface area (Å²) >= 11 is 0. The highest BCUT2D eigenvalue weighted by atomic mass is 32.2. The topological polar surface area (TPSA) is 92.5 Å². The van der Waals surface area contributed by atoms with Crippen LogP contribution < -0.4 is 11.1 Å². The van der Waals surface area contributed by atoms with Gasteiger partial charge in [0.15, 0.2) is 9.84 Å². The maximum Gasteiger partial charge on any atom is 0.317 e. The molecule has 6 nitrogen and oxygen atoms in total. The first-order valence-electron chi connectivity index (χ1n) is 5.38. The van der Waals surface area contributed by atoms with E-state index < -0.39 is 9.84 Å². The molecular weight excluding hydrogens is 230 g/mol. The lowest BCUT2D eigenvalue weighted by molar-refractivity contribution is 0.220. The Morgan fingerprint density at radius 3 is 2.75 bits per heavy atom. The molecule has 0 spiro atoms. The largest absolute Gasteiger partial charge is 0.336 e. The highest BCUT2D eigenvalue weighted by Gasteiger charge is 2.22. The monoisotopic (exact) mass is 249 g/mol. The van der Waals surface area contributed by atoms with Crippen LogP contribution in [0.25, 0.3) is 0 Å². The fraction of sp³-hybridized carbons (Fsp3) is 0.889. The minimum atomic E-state index is -3.11. The Hall–Kier alpha value is -0.820. The maximum atomic E-state index is 11.6. The molecule has 0 aromatic carbocycles. The number of urea groups is 1. The Balaban J connectivity index is 2.38. The third-order valence-corrected chi connectivity index (χ3v) is 4.44. The zero-order chi connectivity index (χ0) is 12.2. The second kappa shape index (κ2) is 5.49. The van der Waals surface area contributed by atoms with Crippen molar-refractivity contribution in [3.05, 3.63) is 0 Å². The Morgan fingerprint density at radius 1 is 1.56 bits per heavy atom. The summed E-state index contributed by atoms with van der Waals surface area (Å²) in [5.41, 5.74) is 5.38. The molecule has 0 aromatic heterocycles. The maximum absolute atomic E-state index is 11.6. The summed E-state index contributed by atoms with van der Waals surface area (Å²) in [4.78, 5) is 12.7. The van der Waals surface area contributed by atoms with Gasteiger partial charge in [0.2, 0.25) is 0 Å². The number of carbonyl (C=O) groups is 1. The van der Waals surface area contributed by atoms with Gasteiger partial charge in [0.1, 0.15) is 0 Å². The fourth-order valence-electron chi connectivity index (χ4n) is 1.56. The van der Waals surface area contributed by atoms with Crippen LogP contribution in [0.3, 0.4) is 0 Å². The van der Waals surface area contributed by atoms with E-state index in [-0.39, 0.29) is 30.0 Å². The molecule has 7 heteroatoms. The summed E-state index contributed by atoms with van der Waals surface area (Å²) < 4.78 is 23.3. The average Bonchev–Trinajstić information content (AvgIpc) is 2.60. The van der Waals surface area contributed by atoms with Crippen LogP contribution in [0.1, 0.15) is 6.92 Å². The number of sulfone groups is 1. The normalized spacial score (nSPS) is 18.6. The second-order valence-corrected chi connectivity index (χ2v) is 6.40.